The summed E-state index contributed by atoms with van der Waals surface area (Å²) in [4.78, 5) is 0. The zero-order valence-corrected chi connectivity index (χ0v) is 8.03. The van der Waals surface area contributed by atoms with Gasteiger partial charge in [-0.25, -0.2) is 0 Å². The smallest absolute Gasteiger partial charge is 0.134 e. The van der Waals surface area contributed by atoms with Gasteiger partial charge >= 0.3 is 0 Å². The van der Waals surface area contributed by atoms with Gasteiger partial charge in [0.25, 0.3) is 0 Å². The third kappa shape index (κ3) is 1.62. The summed E-state index contributed by atoms with van der Waals surface area (Å²) < 4.78 is 5.24. The summed E-state index contributed by atoms with van der Waals surface area (Å²) in [6, 6.07) is 19.1. The number of para-hydroxylation sites is 1. The first-order valence-electron chi connectivity index (χ1n) is 4.52. The molecule has 0 heterocycles. The zero-order valence-electron chi connectivity index (χ0n) is 8.03. The van der Waals surface area contributed by atoms with Crippen molar-refractivity contribution < 1.29 is 4.74 Å². The third-order valence-corrected chi connectivity index (χ3v) is 2.11. The Morgan fingerprint density at radius 3 is 2.50 bits per heavy atom. The molecule has 1 radical (unpaired) electrons. The molecule has 0 unspecified atom stereocenters. The number of methoxy groups -OCH3 is 1. The molecular weight excluding hydrogens is 172 g/mol. The summed E-state index contributed by atoms with van der Waals surface area (Å²) in [6.07, 6.45) is 0. The van der Waals surface area contributed by atoms with Gasteiger partial charge in [-0.1, -0.05) is 48.5 Å². The van der Waals surface area contributed by atoms with Gasteiger partial charge in [-0.3, -0.25) is 0 Å². The van der Waals surface area contributed by atoms with E-state index in [9.17, 15) is 0 Å². The van der Waals surface area contributed by atoms with E-state index in [0.29, 0.717) is 0 Å². The Hall–Kier alpha value is -1.76. The van der Waals surface area contributed by atoms with Crippen LogP contribution in [0.1, 0.15) is 0 Å². The van der Waals surface area contributed by atoms with Crippen LogP contribution in [-0.4, -0.2) is 7.11 Å². The van der Waals surface area contributed by atoms with Crippen LogP contribution in [0.5, 0.6) is 5.75 Å². The lowest BCUT2D eigenvalue weighted by Crippen LogP contribution is -1.86. The number of hydrogen-bond acceptors (Lipinski definition) is 1. The standard InChI is InChI=1S/C13H11O/c1-14-13-10-6-5-9-12(13)11-7-3-2-4-8-11/h2-9H,1H3. The Labute approximate surface area is 84.0 Å². The van der Waals surface area contributed by atoms with E-state index in [-0.39, 0.29) is 0 Å². The van der Waals surface area contributed by atoms with Gasteiger partial charge in [0.1, 0.15) is 5.75 Å². The van der Waals surface area contributed by atoms with Gasteiger partial charge in [0.2, 0.25) is 0 Å². The van der Waals surface area contributed by atoms with Gasteiger partial charge < -0.3 is 4.74 Å². The Morgan fingerprint density at radius 2 is 1.79 bits per heavy atom. The van der Waals surface area contributed by atoms with Gasteiger partial charge in [0.05, 0.1) is 7.11 Å². The molecule has 14 heavy (non-hydrogen) atoms. The fourth-order valence-electron chi connectivity index (χ4n) is 1.44. The molecule has 1 nitrogen and oxygen atoms in total. The number of benzene rings is 2. The SMILES string of the molecule is COc1[c]cccc1-c1ccccc1. The van der Waals surface area contributed by atoms with Gasteiger partial charge in [-0.15, -0.1) is 0 Å². The zero-order chi connectivity index (χ0) is 9.80. The van der Waals surface area contributed by atoms with E-state index in [1.165, 1.54) is 0 Å². The van der Waals surface area contributed by atoms with Crippen LogP contribution in [-0.2, 0) is 0 Å². The summed E-state index contributed by atoms with van der Waals surface area (Å²) in [5.74, 6) is 0.790. The van der Waals surface area contributed by atoms with Crippen molar-refractivity contribution in [3.05, 3.63) is 54.6 Å². The average Bonchev–Trinajstić information content (AvgIpc) is 2.30. The second-order valence-corrected chi connectivity index (χ2v) is 2.98. The molecule has 0 N–H and O–H groups in total. The molecule has 0 aliphatic carbocycles. The lowest BCUT2D eigenvalue weighted by Gasteiger charge is -2.06. The summed E-state index contributed by atoms with van der Waals surface area (Å²) in [7, 11) is 1.66. The van der Waals surface area contributed by atoms with Crippen LogP contribution < -0.4 is 4.74 Å². The lowest BCUT2D eigenvalue weighted by atomic mass is 10.1. The molecule has 0 aliphatic rings. The van der Waals surface area contributed by atoms with Gasteiger partial charge in [-0.05, 0) is 5.56 Å². The summed E-state index contributed by atoms with van der Waals surface area (Å²) in [6.45, 7) is 0. The minimum Gasteiger partial charge on any atom is -0.495 e. The first-order valence-corrected chi connectivity index (χ1v) is 4.52. The van der Waals surface area contributed by atoms with E-state index in [4.69, 9.17) is 4.74 Å². The van der Waals surface area contributed by atoms with Crippen LogP contribution in [0.2, 0.25) is 0 Å². The fourth-order valence-corrected chi connectivity index (χ4v) is 1.44. The van der Waals surface area contributed by atoms with Gasteiger partial charge in [-0.2, -0.15) is 0 Å². The maximum absolute atomic E-state index is 5.24. The lowest BCUT2D eigenvalue weighted by molar-refractivity contribution is 0.415. The second-order valence-electron chi connectivity index (χ2n) is 2.98. The van der Waals surface area contributed by atoms with Crippen LogP contribution in [0.15, 0.2) is 48.5 Å². The largest absolute Gasteiger partial charge is 0.495 e. The predicted molar refractivity (Wildman–Crippen MR) is 57.3 cm³/mol. The van der Waals surface area contributed by atoms with E-state index in [0.717, 1.165) is 16.9 Å². The molecule has 69 valence electrons. The monoisotopic (exact) mass is 183 g/mol. The fraction of sp³-hybridized carbons (Fsp3) is 0.0769. The highest BCUT2D eigenvalue weighted by molar-refractivity contribution is 5.69. The Kier molecular flexibility index (Phi) is 2.50. The average molecular weight is 183 g/mol. The highest BCUT2D eigenvalue weighted by Gasteiger charge is 2.02. The topological polar surface area (TPSA) is 9.23 Å². The first kappa shape index (κ1) is 8.82. The molecular formula is C13H11O. The maximum Gasteiger partial charge on any atom is 0.134 e. The summed E-state index contributed by atoms with van der Waals surface area (Å²) >= 11 is 0. The molecule has 0 spiro atoms. The quantitative estimate of drug-likeness (QED) is 0.694. The first-order chi connectivity index (χ1) is 6.92. The minimum absolute atomic E-state index is 0.790. The summed E-state index contributed by atoms with van der Waals surface area (Å²) in [5.41, 5.74) is 2.23. The molecule has 0 fully saturated rings. The van der Waals surface area contributed by atoms with Gasteiger partial charge in [0, 0.05) is 11.6 Å². The van der Waals surface area contributed by atoms with Crippen LogP contribution >= 0.6 is 0 Å². The molecule has 0 bridgehead atoms. The number of hydrogen-bond donors (Lipinski definition) is 0. The van der Waals surface area contributed by atoms with Crippen molar-refractivity contribution in [3.8, 4) is 16.9 Å². The molecule has 0 aliphatic heterocycles. The van der Waals surface area contributed by atoms with E-state index in [1.807, 2.05) is 36.4 Å². The highest BCUT2D eigenvalue weighted by atomic mass is 16.5. The van der Waals surface area contributed by atoms with Crippen molar-refractivity contribution in [2.45, 2.75) is 0 Å². The molecule has 0 aromatic heterocycles. The number of rotatable bonds is 2. The van der Waals surface area contributed by atoms with E-state index in [1.54, 1.807) is 7.11 Å². The molecule has 0 saturated carbocycles. The van der Waals surface area contributed by atoms with Gasteiger partial charge in [0.15, 0.2) is 0 Å². The van der Waals surface area contributed by atoms with Crippen molar-refractivity contribution in [2.24, 2.45) is 0 Å². The minimum atomic E-state index is 0.790. The Balaban J connectivity index is 2.51. The van der Waals surface area contributed by atoms with E-state index >= 15 is 0 Å². The second kappa shape index (κ2) is 3.97. The molecule has 2 aromatic rings. The predicted octanol–water partition coefficient (Wildman–Crippen LogP) is 3.16. The summed E-state index contributed by atoms with van der Waals surface area (Å²) in [5, 5.41) is 0. The highest BCUT2D eigenvalue weighted by Crippen LogP contribution is 2.28. The molecule has 0 saturated heterocycles. The third-order valence-electron chi connectivity index (χ3n) is 2.11. The Bertz CT molecular complexity index is 407. The van der Waals surface area contributed by atoms with E-state index in [2.05, 4.69) is 18.2 Å². The molecule has 2 aromatic carbocycles. The van der Waals surface area contributed by atoms with Crippen LogP contribution in [0.3, 0.4) is 0 Å². The van der Waals surface area contributed by atoms with Crippen molar-refractivity contribution in [3.63, 3.8) is 0 Å². The molecule has 0 amide bonds. The van der Waals surface area contributed by atoms with Crippen molar-refractivity contribution in [2.75, 3.05) is 7.11 Å². The van der Waals surface area contributed by atoms with Crippen LogP contribution in [0.4, 0.5) is 0 Å². The van der Waals surface area contributed by atoms with Crippen LogP contribution in [0.25, 0.3) is 11.1 Å². The maximum atomic E-state index is 5.24. The molecule has 2 rings (SSSR count). The van der Waals surface area contributed by atoms with Crippen molar-refractivity contribution in [1.82, 2.24) is 0 Å². The van der Waals surface area contributed by atoms with Crippen molar-refractivity contribution >= 4 is 0 Å². The molecule has 1 heteroatoms. The normalized spacial score (nSPS) is 9.79. The Morgan fingerprint density at radius 1 is 1.00 bits per heavy atom. The number of ether oxygens (including phenoxy) is 1. The van der Waals surface area contributed by atoms with Crippen LogP contribution in [0, 0.1) is 6.07 Å². The molecule has 0 atom stereocenters. The van der Waals surface area contributed by atoms with Crippen molar-refractivity contribution in [1.29, 1.82) is 0 Å². The van der Waals surface area contributed by atoms with E-state index < -0.39 is 0 Å².